The monoisotopic (exact) mass is 258 g/mol. The van der Waals surface area contributed by atoms with Gasteiger partial charge < -0.3 is 14.2 Å². The summed E-state index contributed by atoms with van der Waals surface area (Å²) in [5.41, 5.74) is 1.12. The Balaban J connectivity index is 2.31. The summed E-state index contributed by atoms with van der Waals surface area (Å²) in [6, 6.07) is 3.88. The van der Waals surface area contributed by atoms with E-state index in [0.29, 0.717) is 0 Å². The maximum absolute atomic E-state index is 5.48. The molecule has 0 bridgehead atoms. The summed E-state index contributed by atoms with van der Waals surface area (Å²) in [5.74, 6) is 1.75. The number of methoxy groups -OCH3 is 1. The Labute approximate surface area is 91.1 Å². The van der Waals surface area contributed by atoms with Crippen LogP contribution in [0.4, 0.5) is 0 Å². The van der Waals surface area contributed by atoms with Crippen LogP contribution in [0, 0.1) is 0 Å². The van der Waals surface area contributed by atoms with E-state index in [9.17, 15) is 0 Å². The van der Waals surface area contributed by atoms with Crippen molar-refractivity contribution < 1.29 is 14.2 Å². The van der Waals surface area contributed by atoms with E-state index in [4.69, 9.17) is 14.2 Å². The number of hydrogen-bond donors (Lipinski definition) is 0. The summed E-state index contributed by atoms with van der Waals surface area (Å²) in [5, 5.41) is 0. The van der Waals surface area contributed by atoms with Crippen LogP contribution in [-0.4, -0.2) is 20.5 Å². The van der Waals surface area contributed by atoms with Crippen molar-refractivity contribution in [2.24, 2.45) is 0 Å². The first-order valence-electron chi connectivity index (χ1n) is 4.39. The predicted molar refractivity (Wildman–Crippen MR) is 55.8 cm³/mol. The first kappa shape index (κ1) is 9.80. The van der Waals surface area contributed by atoms with Crippen LogP contribution in [0.25, 0.3) is 0 Å². The highest BCUT2D eigenvalue weighted by Crippen LogP contribution is 2.38. The van der Waals surface area contributed by atoms with E-state index in [1.54, 1.807) is 7.11 Å². The van der Waals surface area contributed by atoms with E-state index in [1.807, 2.05) is 12.1 Å². The lowest BCUT2D eigenvalue weighted by Gasteiger charge is -2.10. The standard InChI is InChI=1S/C10H11BrO3/c1-12-6-14-10-7-4-5-13-9(7)3-2-8(10)11/h2-3H,4-6H2,1H3. The van der Waals surface area contributed by atoms with Crippen LogP contribution in [-0.2, 0) is 11.2 Å². The first-order valence-corrected chi connectivity index (χ1v) is 5.18. The highest BCUT2D eigenvalue weighted by Gasteiger charge is 2.19. The van der Waals surface area contributed by atoms with Crippen molar-refractivity contribution in [1.82, 2.24) is 0 Å². The third-order valence-electron chi connectivity index (χ3n) is 2.10. The van der Waals surface area contributed by atoms with Crippen LogP contribution in [0.1, 0.15) is 5.56 Å². The highest BCUT2D eigenvalue weighted by molar-refractivity contribution is 9.10. The molecule has 0 radical (unpaired) electrons. The fraction of sp³-hybridized carbons (Fsp3) is 0.400. The highest BCUT2D eigenvalue weighted by atomic mass is 79.9. The fourth-order valence-corrected chi connectivity index (χ4v) is 1.98. The van der Waals surface area contributed by atoms with Crippen molar-refractivity contribution in [3.05, 3.63) is 22.2 Å². The molecule has 0 unspecified atom stereocenters. The van der Waals surface area contributed by atoms with Gasteiger partial charge in [-0.3, -0.25) is 0 Å². The lowest BCUT2D eigenvalue weighted by atomic mass is 10.1. The molecule has 1 aromatic rings. The van der Waals surface area contributed by atoms with Gasteiger partial charge in [-0.1, -0.05) is 0 Å². The molecule has 1 heterocycles. The zero-order valence-corrected chi connectivity index (χ0v) is 9.46. The predicted octanol–water partition coefficient (Wildman–Crippen LogP) is 2.37. The van der Waals surface area contributed by atoms with E-state index in [-0.39, 0.29) is 6.79 Å². The minimum Gasteiger partial charge on any atom is -0.493 e. The molecule has 4 heteroatoms. The molecule has 0 saturated heterocycles. The Morgan fingerprint density at radius 1 is 1.50 bits per heavy atom. The first-order chi connectivity index (χ1) is 6.83. The zero-order valence-electron chi connectivity index (χ0n) is 7.88. The smallest absolute Gasteiger partial charge is 0.188 e. The minimum atomic E-state index is 0.259. The van der Waals surface area contributed by atoms with E-state index in [0.717, 1.165) is 34.6 Å². The largest absolute Gasteiger partial charge is 0.493 e. The van der Waals surface area contributed by atoms with E-state index >= 15 is 0 Å². The lowest BCUT2D eigenvalue weighted by molar-refractivity contribution is 0.0500. The van der Waals surface area contributed by atoms with Crippen LogP contribution in [0.15, 0.2) is 16.6 Å². The molecule has 1 aromatic carbocycles. The maximum Gasteiger partial charge on any atom is 0.188 e. The molecule has 0 fully saturated rings. The topological polar surface area (TPSA) is 27.7 Å². The average Bonchev–Trinajstić information content (AvgIpc) is 2.64. The molecule has 0 atom stereocenters. The molecule has 14 heavy (non-hydrogen) atoms. The van der Waals surface area contributed by atoms with E-state index in [1.165, 1.54) is 0 Å². The fourth-order valence-electron chi connectivity index (χ4n) is 1.49. The van der Waals surface area contributed by atoms with Crippen molar-refractivity contribution in [3.63, 3.8) is 0 Å². The number of halogens is 1. The third-order valence-corrected chi connectivity index (χ3v) is 2.72. The van der Waals surface area contributed by atoms with Gasteiger partial charge in [0.2, 0.25) is 0 Å². The second kappa shape index (κ2) is 4.19. The second-order valence-electron chi connectivity index (χ2n) is 3.00. The summed E-state index contributed by atoms with van der Waals surface area (Å²) in [6.07, 6.45) is 0.897. The SMILES string of the molecule is COCOc1c(Br)ccc2c1CCO2. The Bertz CT molecular complexity index is 338. The van der Waals surface area contributed by atoms with Gasteiger partial charge in [0.1, 0.15) is 11.5 Å². The summed E-state index contributed by atoms with van der Waals surface area (Å²) in [4.78, 5) is 0. The molecule has 0 saturated carbocycles. The molecule has 0 aromatic heterocycles. The van der Waals surface area contributed by atoms with Gasteiger partial charge in [-0.25, -0.2) is 0 Å². The Morgan fingerprint density at radius 3 is 3.14 bits per heavy atom. The molecule has 0 aliphatic carbocycles. The Hall–Kier alpha value is -0.740. The van der Waals surface area contributed by atoms with Gasteiger partial charge in [0, 0.05) is 19.1 Å². The molecule has 76 valence electrons. The van der Waals surface area contributed by atoms with Crippen molar-refractivity contribution in [3.8, 4) is 11.5 Å². The minimum absolute atomic E-state index is 0.259. The number of benzene rings is 1. The Morgan fingerprint density at radius 2 is 2.36 bits per heavy atom. The van der Waals surface area contributed by atoms with Gasteiger partial charge in [-0.15, -0.1) is 0 Å². The van der Waals surface area contributed by atoms with Gasteiger partial charge >= 0.3 is 0 Å². The Kier molecular flexibility index (Phi) is 2.93. The van der Waals surface area contributed by atoms with Crippen LogP contribution in [0.3, 0.4) is 0 Å². The molecular weight excluding hydrogens is 248 g/mol. The second-order valence-corrected chi connectivity index (χ2v) is 3.86. The molecule has 0 N–H and O–H groups in total. The van der Waals surface area contributed by atoms with E-state index < -0.39 is 0 Å². The average molecular weight is 259 g/mol. The van der Waals surface area contributed by atoms with E-state index in [2.05, 4.69) is 15.9 Å². The van der Waals surface area contributed by atoms with Gasteiger partial charge in [0.15, 0.2) is 6.79 Å². The van der Waals surface area contributed by atoms with Gasteiger partial charge in [-0.2, -0.15) is 0 Å². The quantitative estimate of drug-likeness (QED) is 0.780. The van der Waals surface area contributed by atoms with Crippen LogP contribution in [0.5, 0.6) is 11.5 Å². The number of hydrogen-bond acceptors (Lipinski definition) is 3. The third kappa shape index (κ3) is 1.72. The van der Waals surface area contributed by atoms with Crippen molar-refractivity contribution in [2.45, 2.75) is 6.42 Å². The van der Waals surface area contributed by atoms with Crippen LogP contribution in [0.2, 0.25) is 0 Å². The molecule has 0 spiro atoms. The molecule has 1 aliphatic heterocycles. The summed E-state index contributed by atoms with van der Waals surface area (Å²) >= 11 is 3.44. The van der Waals surface area contributed by atoms with Crippen molar-refractivity contribution >= 4 is 15.9 Å². The number of rotatable bonds is 3. The summed E-state index contributed by atoms with van der Waals surface area (Å²) in [6.45, 7) is 0.990. The zero-order chi connectivity index (χ0) is 9.97. The van der Waals surface area contributed by atoms with Crippen LogP contribution >= 0.6 is 15.9 Å². The maximum atomic E-state index is 5.48. The molecule has 1 aliphatic rings. The number of fused-ring (bicyclic) bond motifs is 1. The van der Waals surface area contributed by atoms with Crippen LogP contribution < -0.4 is 9.47 Å². The lowest BCUT2D eigenvalue weighted by Crippen LogP contribution is -2.01. The molecule has 2 rings (SSSR count). The van der Waals surface area contributed by atoms with Gasteiger partial charge in [-0.05, 0) is 28.1 Å². The van der Waals surface area contributed by atoms with Crippen molar-refractivity contribution in [1.29, 1.82) is 0 Å². The van der Waals surface area contributed by atoms with Gasteiger partial charge in [0.25, 0.3) is 0 Å². The normalized spacial score (nSPS) is 13.6. The van der Waals surface area contributed by atoms with Crippen molar-refractivity contribution in [2.75, 3.05) is 20.5 Å². The molecule has 0 amide bonds. The number of ether oxygens (including phenoxy) is 3. The molecule has 3 nitrogen and oxygen atoms in total. The van der Waals surface area contributed by atoms with Gasteiger partial charge in [0.05, 0.1) is 11.1 Å². The summed E-state index contributed by atoms with van der Waals surface area (Å²) < 4.78 is 16.7. The summed E-state index contributed by atoms with van der Waals surface area (Å²) in [7, 11) is 1.60. The molecular formula is C10H11BrO3.